The molecule has 0 spiro atoms. The number of halogens is 1. The van der Waals surface area contributed by atoms with Gasteiger partial charge in [-0.1, -0.05) is 6.07 Å². The number of nitrogens with zero attached hydrogens (tertiary/aromatic N) is 1. The molecule has 1 aliphatic rings. The SMILES string of the molecule is COc1ccc(C(=O)NC2CCC(NC(=O)c3cc(F)cnc3Oc3cccc(SC)c3)CC2)c(O)c1. The zero-order chi connectivity index (χ0) is 26.4. The number of thioether (sulfide) groups is 1. The van der Waals surface area contributed by atoms with Gasteiger partial charge in [0.1, 0.15) is 28.6 Å². The maximum Gasteiger partial charge on any atom is 0.257 e. The molecule has 8 nitrogen and oxygen atoms in total. The van der Waals surface area contributed by atoms with E-state index in [-0.39, 0.29) is 40.7 Å². The molecule has 3 N–H and O–H groups in total. The molecule has 1 heterocycles. The second-order valence-electron chi connectivity index (χ2n) is 8.67. The summed E-state index contributed by atoms with van der Waals surface area (Å²) in [6.07, 6.45) is 5.48. The number of amides is 2. The molecule has 1 aromatic heterocycles. The highest BCUT2D eigenvalue weighted by molar-refractivity contribution is 7.98. The number of phenols is 1. The van der Waals surface area contributed by atoms with Crippen LogP contribution in [-0.4, -0.2) is 47.4 Å². The Morgan fingerprint density at radius 1 is 0.973 bits per heavy atom. The highest BCUT2D eigenvalue weighted by Crippen LogP contribution is 2.28. The summed E-state index contributed by atoms with van der Waals surface area (Å²) >= 11 is 1.55. The van der Waals surface area contributed by atoms with Crippen LogP contribution >= 0.6 is 11.8 Å². The summed E-state index contributed by atoms with van der Waals surface area (Å²) in [5.41, 5.74) is 0.186. The van der Waals surface area contributed by atoms with Gasteiger partial charge in [-0.3, -0.25) is 9.59 Å². The Morgan fingerprint density at radius 2 is 1.65 bits per heavy atom. The second-order valence-corrected chi connectivity index (χ2v) is 9.55. The molecule has 1 fully saturated rings. The van der Waals surface area contributed by atoms with Crippen LogP contribution in [-0.2, 0) is 0 Å². The van der Waals surface area contributed by atoms with Crippen LogP contribution in [0.2, 0.25) is 0 Å². The summed E-state index contributed by atoms with van der Waals surface area (Å²) in [6, 6.07) is 12.7. The highest BCUT2D eigenvalue weighted by atomic mass is 32.2. The zero-order valence-corrected chi connectivity index (χ0v) is 21.3. The van der Waals surface area contributed by atoms with Gasteiger partial charge in [0.15, 0.2) is 0 Å². The van der Waals surface area contributed by atoms with E-state index in [4.69, 9.17) is 9.47 Å². The van der Waals surface area contributed by atoms with Gasteiger partial charge >= 0.3 is 0 Å². The quantitative estimate of drug-likeness (QED) is 0.358. The maximum absolute atomic E-state index is 14.0. The number of ether oxygens (including phenoxy) is 2. The predicted molar refractivity (Wildman–Crippen MR) is 138 cm³/mol. The molecule has 194 valence electrons. The number of pyridine rings is 1. The fourth-order valence-corrected chi connectivity index (χ4v) is 4.63. The Morgan fingerprint density at radius 3 is 2.27 bits per heavy atom. The van der Waals surface area contributed by atoms with Crippen LogP contribution in [0.15, 0.2) is 59.6 Å². The first-order chi connectivity index (χ1) is 17.9. The van der Waals surface area contributed by atoms with Gasteiger partial charge in [0.2, 0.25) is 5.88 Å². The minimum atomic E-state index is -0.636. The fourth-order valence-electron chi connectivity index (χ4n) is 4.19. The maximum atomic E-state index is 14.0. The third kappa shape index (κ3) is 6.71. The van der Waals surface area contributed by atoms with Crippen LogP contribution in [0, 0.1) is 5.82 Å². The van der Waals surface area contributed by atoms with Crippen molar-refractivity contribution in [1.29, 1.82) is 0 Å². The molecular formula is C27H28FN3O5S. The van der Waals surface area contributed by atoms with Gasteiger partial charge in [-0.05, 0) is 68.3 Å². The van der Waals surface area contributed by atoms with Crippen molar-refractivity contribution in [2.75, 3.05) is 13.4 Å². The predicted octanol–water partition coefficient (Wildman–Crippen LogP) is 4.92. The van der Waals surface area contributed by atoms with E-state index in [0.29, 0.717) is 37.2 Å². The van der Waals surface area contributed by atoms with Crippen molar-refractivity contribution < 1.29 is 28.6 Å². The second kappa shape index (κ2) is 12.0. The molecule has 37 heavy (non-hydrogen) atoms. The van der Waals surface area contributed by atoms with Crippen molar-refractivity contribution in [3.05, 3.63) is 71.7 Å². The molecule has 0 bridgehead atoms. The lowest BCUT2D eigenvalue weighted by molar-refractivity contribution is 0.0888. The topological polar surface area (TPSA) is 110 Å². The van der Waals surface area contributed by atoms with Gasteiger partial charge in [-0.15, -0.1) is 11.8 Å². The normalized spacial score (nSPS) is 17.1. The first-order valence-corrected chi connectivity index (χ1v) is 13.0. The Hall–Kier alpha value is -3.79. The number of carbonyl (C=O) groups is 2. The van der Waals surface area contributed by atoms with Crippen LogP contribution in [0.3, 0.4) is 0 Å². The zero-order valence-electron chi connectivity index (χ0n) is 20.5. The molecular weight excluding hydrogens is 497 g/mol. The van der Waals surface area contributed by atoms with E-state index >= 15 is 0 Å². The highest BCUT2D eigenvalue weighted by Gasteiger charge is 2.26. The number of aromatic nitrogens is 1. The lowest BCUT2D eigenvalue weighted by Gasteiger charge is -2.30. The van der Waals surface area contributed by atoms with Crippen LogP contribution in [0.1, 0.15) is 46.4 Å². The molecule has 0 aliphatic heterocycles. The van der Waals surface area contributed by atoms with Gasteiger partial charge in [0, 0.05) is 23.0 Å². The number of phenolic OH excluding ortho intramolecular Hbond substituents is 1. The van der Waals surface area contributed by atoms with E-state index in [1.54, 1.807) is 23.9 Å². The van der Waals surface area contributed by atoms with E-state index < -0.39 is 11.7 Å². The van der Waals surface area contributed by atoms with Gasteiger partial charge in [0.05, 0.1) is 18.9 Å². The van der Waals surface area contributed by atoms with Crippen molar-refractivity contribution in [3.63, 3.8) is 0 Å². The largest absolute Gasteiger partial charge is 0.507 e. The first kappa shape index (κ1) is 26.3. The van der Waals surface area contributed by atoms with Gasteiger partial charge in [-0.25, -0.2) is 9.37 Å². The van der Waals surface area contributed by atoms with Crippen molar-refractivity contribution >= 4 is 23.6 Å². The van der Waals surface area contributed by atoms with E-state index in [1.165, 1.54) is 19.2 Å². The monoisotopic (exact) mass is 525 g/mol. The van der Waals surface area contributed by atoms with Crippen molar-refractivity contribution in [2.24, 2.45) is 0 Å². The summed E-state index contributed by atoms with van der Waals surface area (Å²) in [5.74, 6) is -0.648. The summed E-state index contributed by atoms with van der Waals surface area (Å²) in [6.45, 7) is 0. The van der Waals surface area contributed by atoms with Crippen molar-refractivity contribution in [3.8, 4) is 23.1 Å². The third-order valence-electron chi connectivity index (χ3n) is 6.17. The van der Waals surface area contributed by atoms with Gasteiger partial charge in [-0.2, -0.15) is 0 Å². The number of hydrogen-bond donors (Lipinski definition) is 3. The lowest BCUT2D eigenvalue weighted by Crippen LogP contribution is -2.43. The Kier molecular flexibility index (Phi) is 8.50. The minimum Gasteiger partial charge on any atom is -0.507 e. The summed E-state index contributed by atoms with van der Waals surface area (Å²) in [7, 11) is 1.48. The Labute approximate surface area is 218 Å². The molecule has 4 rings (SSSR count). The van der Waals surface area contributed by atoms with E-state index in [9.17, 15) is 19.1 Å². The molecule has 3 aromatic rings. The third-order valence-corrected chi connectivity index (χ3v) is 6.89. The summed E-state index contributed by atoms with van der Waals surface area (Å²) < 4.78 is 24.8. The van der Waals surface area contributed by atoms with E-state index in [0.717, 1.165) is 17.2 Å². The first-order valence-electron chi connectivity index (χ1n) is 11.8. The number of benzene rings is 2. The van der Waals surface area contributed by atoms with E-state index in [1.807, 2.05) is 24.5 Å². The summed E-state index contributed by atoms with van der Waals surface area (Å²) in [4.78, 5) is 30.6. The molecule has 2 amide bonds. The van der Waals surface area contributed by atoms with Crippen molar-refractivity contribution in [1.82, 2.24) is 15.6 Å². The number of rotatable bonds is 8. The molecule has 2 aromatic carbocycles. The average molecular weight is 526 g/mol. The molecule has 0 atom stereocenters. The van der Waals surface area contributed by atoms with Crippen molar-refractivity contribution in [2.45, 2.75) is 42.7 Å². The molecule has 0 saturated heterocycles. The van der Waals surface area contributed by atoms with Crippen LogP contribution in [0.25, 0.3) is 0 Å². The number of carbonyl (C=O) groups excluding carboxylic acids is 2. The average Bonchev–Trinajstić information content (AvgIpc) is 2.90. The standard InChI is InChI=1S/C27H28FN3O5S/c1-35-19-10-11-22(24(32)14-19)25(33)30-17-6-8-18(9-7-17)31-26(34)23-12-16(28)15-29-27(23)36-20-4-3-5-21(13-20)37-2/h3-5,10-15,17-18,32H,6-9H2,1-2H3,(H,30,33)(H,31,34). The smallest absolute Gasteiger partial charge is 0.257 e. The fraction of sp³-hybridized carbons (Fsp3) is 0.296. The van der Waals surface area contributed by atoms with Crippen LogP contribution < -0.4 is 20.1 Å². The Bertz CT molecular complexity index is 1280. The lowest BCUT2D eigenvalue weighted by atomic mass is 9.90. The summed E-state index contributed by atoms with van der Waals surface area (Å²) in [5, 5.41) is 16.0. The molecule has 0 unspecified atom stereocenters. The van der Waals surface area contributed by atoms with Gasteiger partial charge in [0.25, 0.3) is 11.8 Å². The number of methoxy groups -OCH3 is 1. The van der Waals surface area contributed by atoms with Crippen LogP contribution in [0.5, 0.6) is 23.1 Å². The molecule has 1 aliphatic carbocycles. The number of aromatic hydroxyl groups is 1. The van der Waals surface area contributed by atoms with E-state index in [2.05, 4.69) is 15.6 Å². The minimum absolute atomic E-state index is 0.0139. The van der Waals surface area contributed by atoms with Gasteiger partial charge < -0.3 is 25.2 Å². The Balaban J connectivity index is 1.35. The number of hydrogen-bond acceptors (Lipinski definition) is 7. The molecule has 10 heteroatoms. The molecule has 1 saturated carbocycles. The molecule has 0 radical (unpaired) electrons. The number of nitrogens with one attached hydrogen (secondary N) is 2. The van der Waals surface area contributed by atoms with Crippen LogP contribution in [0.4, 0.5) is 4.39 Å².